The largest absolute Gasteiger partial charge is 0.377 e. The molecule has 0 bridgehead atoms. The summed E-state index contributed by atoms with van der Waals surface area (Å²) in [5.41, 5.74) is 7.30. The molecule has 2 rings (SSSR count). The Kier molecular flexibility index (Phi) is 4.86. The molecule has 1 saturated heterocycles. The highest BCUT2D eigenvalue weighted by atomic mass is 16.5. The molecule has 0 aliphatic carbocycles. The predicted octanol–water partition coefficient (Wildman–Crippen LogP) is 1.52. The summed E-state index contributed by atoms with van der Waals surface area (Å²) < 4.78 is 5.39. The van der Waals surface area contributed by atoms with Crippen LogP contribution in [0.25, 0.3) is 0 Å². The summed E-state index contributed by atoms with van der Waals surface area (Å²) in [5, 5.41) is 0. The van der Waals surface area contributed by atoms with Crippen LogP contribution in [0.2, 0.25) is 0 Å². The number of rotatable bonds is 2. The Bertz CT molecular complexity index is 291. The van der Waals surface area contributed by atoms with Gasteiger partial charge in [0.2, 0.25) is 0 Å². The van der Waals surface area contributed by atoms with Crippen LogP contribution >= 0.6 is 0 Å². The van der Waals surface area contributed by atoms with Crippen molar-refractivity contribution in [2.45, 2.75) is 32.1 Å². The van der Waals surface area contributed by atoms with Gasteiger partial charge in [0.25, 0.3) is 0 Å². The molecule has 96 valence electrons. The van der Waals surface area contributed by atoms with E-state index in [1.807, 2.05) is 0 Å². The van der Waals surface area contributed by atoms with Gasteiger partial charge in [0.15, 0.2) is 5.96 Å². The van der Waals surface area contributed by atoms with Crippen molar-refractivity contribution in [2.24, 2.45) is 10.7 Å². The fraction of sp³-hybridized carbons (Fsp3) is 0.769. The molecule has 0 aromatic rings. The van der Waals surface area contributed by atoms with Gasteiger partial charge in [-0.2, -0.15) is 0 Å². The maximum atomic E-state index is 6.04. The second kappa shape index (κ2) is 6.64. The van der Waals surface area contributed by atoms with Crippen molar-refractivity contribution in [3.05, 3.63) is 11.6 Å². The highest BCUT2D eigenvalue weighted by Gasteiger charge is 2.11. The zero-order chi connectivity index (χ0) is 11.9. The second-order valence-electron chi connectivity index (χ2n) is 4.78. The molecule has 17 heavy (non-hydrogen) atoms. The number of ether oxygens (including phenoxy) is 1. The van der Waals surface area contributed by atoms with Crippen LogP contribution in [0, 0.1) is 0 Å². The van der Waals surface area contributed by atoms with Gasteiger partial charge in [-0.15, -0.1) is 0 Å². The number of aliphatic imine (C=N–C) groups is 1. The van der Waals surface area contributed by atoms with Crippen molar-refractivity contribution in [3.63, 3.8) is 0 Å². The van der Waals surface area contributed by atoms with E-state index in [1.165, 1.54) is 31.3 Å². The quantitative estimate of drug-likeness (QED) is 0.450. The summed E-state index contributed by atoms with van der Waals surface area (Å²) in [6.45, 7) is 4.38. The highest BCUT2D eigenvalue weighted by molar-refractivity contribution is 5.78. The Morgan fingerprint density at radius 2 is 2.06 bits per heavy atom. The third-order valence-electron chi connectivity index (χ3n) is 3.36. The average Bonchev–Trinajstić information content (AvgIpc) is 2.66. The molecule has 0 unspecified atom stereocenters. The number of nitrogens with two attached hydrogens (primary N) is 1. The first-order valence-corrected chi connectivity index (χ1v) is 6.67. The lowest BCUT2D eigenvalue weighted by Crippen LogP contribution is -2.38. The molecule has 0 spiro atoms. The molecular formula is C13H23N3O. The Hall–Kier alpha value is -1.03. The molecule has 0 amide bonds. The van der Waals surface area contributed by atoms with Crippen LogP contribution in [0.5, 0.6) is 0 Å². The predicted molar refractivity (Wildman–Crippen MR) is 70.0 cm³/mol. The van der Waals surface area contributed by atoms with E-state index in [4.69, 9.17) is 10.5 Å². The van der Waals surface area contributed by atoms with Gasteiger partial charge in [-0.25, -0.2) is 4.99 Å². The first-order valence-electron chi connectivity index (χ1n) is 6.67. The van der Waals surface area contributed by atoms with Crippen LogP contribution in [0.15, 0.2) is 16.6 Å². The number of nitrogens with zero attached hydrogens (tertiary/aromatic N) is 2. The number of guanidine groups is 1. The van der Waals surface area contributed by atoms with Gasteiger partial charge >= 0.3 is 0 Å². The van der Waals surface area contributed by atoms with Gasteiger partial charge < -0.3 is 15.4 Å². The van der Waals surface area contributed by atoms with E-state index in [1.54, 1.807) is 0 Å². The van der Waals surface area contributed by atoms with Crippen molar-refractivity contribution < 1.29 is 4.74 Å². The molecule has 0 radical (unpaired) electrons. The van der Waals surface area contributed by atoms with Crippen LogP contribution in [-0.2, 0) is 4.74 Å². The maximum Gasteiger partial charge on any atom is 0.191 e. The molecule has 0 atom stereocenters. The van der Waals surface area contributed by atoms with Crippen molar-refractivity contribution in [1.82, 2.24) is 4.90 Å². The highest BCUT2D eigenvalue weighted by Crippen LogP contribution is 2.10. The van der Waals surface area contributed by atoms with E-state index in [2.05, 4.69) is 16.0 Å². The second-order valence-corrected chi connectivity index (χ2v) is 4.78. The van der Waals surface area contributed by atoms with Gasteiger partial charge in [0.1, 0.15) is 0 Å². The summed E-state index contributed by atoms with van der Waals surface area (Å²) in [4.78, 5) is 6.70. The minimum Gasteiger partial charge on any atom is -0.377 e. The lowest BCUT2D eigenvalue weighted by atomic mass is 10.2. The summed E-state index contributed by atoms with van der Waals surface area (Å²) in [6, 6.07) is 0. The molecule has 2 heterocycles. The monoisotopic (exact) mass is 237 g/mol. The molecule has 0 aromatic heterocycles. The fourth-order valence-corrected chi connectivity index (χ4v) is 2.30. The Balaban J connectivity index is 1.84. The third kappa shape index (κ3) is 4.04. The van der Waals surface area contributed by atoms with Crippen LogP contribution in [-0.4, -0.2) is 43.7 Å². The van der Waals surface area contributed by atoms with Crippen molar-refractivity contribution in [2.75, 3.05) is 32.8 Å². The van der Waals surface area contributed by atoms with Crippen molar-refractivity contribution in [1.29, 1.82) is 0 Å². The zero-order valence-electron chi connectivity index (χ0n) is 10.5. The standard InChI is InChI=1S/C13H23N3O/c14-13(16-7-3-1-2-4-8-16)15-10-12-6-5-9-17-11-12/h6H,1-5,7-11H2,(H2,14,15). The molecule has 1 fully saturated rings. The van der Waals surface area contributed by atoms with Gasteiger partial charge in [-0.05, 0) is 24.8 Å². The van der Waals surface area contributed by atoms with E-state index >= 15 is 0 Å². The molecule has 2 aliphatic rings. The Labute approximate surface area is 104 Å². The zero-order valence-corrected chi connectivity index (χ0v) is 10.5. The van der Waals surface area contributed by atoms with Gasteiger partial charge in [-0.3, -0.25) is 0 Å². The van der Waals surface area contributed by atoms with Crippen LogP contribution < -0.4 is 5.73 Å². The Morgan fingerprint density at radius 3 is 2.71 bits per heavy atom. The molecule has 4 heteroatoms. The van der Waals surface area contributed by atoms with Crippen molar-refractivity contribution in [3.8, 4) is 0 Å². The molecule has 2 N–H and O–H groups in total. The summed E-state index contributed by atoms with van der Waals surface area (Å²) in [5.74, 6) is 0.707. The molecule has 0 aromatic carbocycles. The normalized spacial score (nSPS) is 23.2. The van der Waals surface area contributed by atoms with Crippen LogP contribution in [0.3, 0.4) is 0 Å². The lowest BCUT2D eigenvalue weighted by molar-refractivity contribution is 0.149. The number of likely N-dealkylation sites (tertiary alicyclic amines) is 1. The summed E-state index contributed by atoms with van der Waals surface area (Å²) in [7, 11) is 0. The minimum absolute atomic E-state index is 0.697. The Morgan fingerprint density at radius 1 is 1.29 bits per heavy atom. The minimum atomic E-state index is 0.697. The third-order valence-corrected chi connectivity index (χ3v) is 3.36. The first-order chi connectivity index (χ1) is 8.36. The van der Waals surface area contributed by atoms with Crippen LogP contribution in [0.4, 0.5) is 0 Å². The average molecular weight is 237 g/mol. The first kappa shape index (κ1) is 12.4. The van der Waals surface area contributed by atoms with Gasteiger partial charge in [-0.1, -0.05) is 18.9 Å². The van der Waals surface area contributed by atoms with Crippen molar-refractivity contribution >= 4 is 5.96 Å². The molecule has 0 saturated carbocycles. The van der Waals surface area contributed by atoms with Gasteiger partial charge in [0, 0.05) is 13.1 Å². The fourth-order valence-electron chi connectivity index (χ4n) is 2.30. The molecule has 4 nitrogen and oxygen atoms in total. The van der Waals surface area contributed by atoms with Crippen LogP contribution in [0.1, 0.15) is 32.1 Å². The number of hydrogen-bond donors (Lipinski definition) is 1. The topological polar surface area (TPSA) is 50.9 Å². The van der Waals surface area contributed by atoms with E-state index in [9.17, 15) is 0 Å². The molecular weight excluding hydrogens is 214 g/mol. The smallest absolute Gasteiger partial charge is 0.191 e. The lowest BCUT2D eigenvalue weighted by Gasteiger charge is -2.21. The van der Waals surface area contributed by atoms with E-state index in [0.717, 1.165) is 32.7 Å². The maximum absolute atomic E-state index is 6.04. The van der Waals surface area contributed by atoms with E-state index in [-0.39, 0.29) is 0 Å². The van der Waals surface area contributed by atoms with Gasteiger partial charge in [0.05, 0.1) is 19.8 Å². The SMILES string of the molecule is NC(=NCC1=CCCOC1)N1CCCCCC1. The van der Waals surface area contributed by atoms with E-state index < -0.39 is 0 Å². The summed E-state index contributed by atoms with van der Waals surface area (Å²) >= 11 is 0. The number of hydrogen-bond acceptors (Lipinski definition) is 2. The molecule has 2 aliphatic heterocycles. The van der Waals surface area contributed by atoms with E-state index in [0.29, 0.717) is 12.5 Å². The summed E-state index contributed by atoms with van der Waals surface area (Å²) in [6.07, 6.45) is 8.35.